The lowest BCUT2D eigenvalue weighted by Gasteiger charge is -2.06. The van der Waals surface area contributed by atoms with E-state index < -0.39 is 11.8 Å². The lowest BCUT2D eigenvalue weighted by atomic mass is 10.1. The van der Waals surface area contributed by atoms with Gasteiger partial charge in [-0.2, -0.15) is 0 Å². The molecule has 0 spiro atoms. The van der Waals surface area contributed by atoms with Crippen molar-refractivity contribution in [2.24, 2.45) is 0 Å². The molecule has 1 heterocycles. The van der Waals surface area contributed by atoms with Crippen molar-refractivity contribution in [1.29, 1.82) is 0 Å². The van der Waals surface area contributed by atoms with Crippen LogP contribution in [0.1, 0.15) is 10.9 Å². The predicted molar refractivity (Wildman–Crippen MR) is 56.4 cm³/mol. The molecule has 1 atom stereocenters. The molecule has 1 aromatic heterocycles. The summed E-state index contributed by atoms with van der Waals surface area (Å²) in [6.45, 7) is 0. The van der Waals surface area contributed by atoms with E-state index in [-0.39, 0.29) is 0 Å². The van der Waals surface area contributed by atoms with Crippen molar-refractivity contribution in [2.75, 3.05) is 0 Å². The number of fused-ring (bicyclic) bond motifs is 1. The van der Waals surface area contributed by atoms with Crippen molar-refractivity contribution < 1.29 is 8.78 Å². The minimum Gasteiger partial charge on any atom is -0.208 e. The second-order valence-electron chi connectivity index (χ2n) is 2.92. The third kappa shape index (κ3) is 1.62. The molecular weight excluding hydrogens is 226 g/mol. The molecule has 0 fully saturated rings. The second kappa shape index (κ2) is 3.83. The van der Waals surface area contributed by atoms with E-state index in [1.165, 1.54) is 11.3 Å². The third-order valence-electron chi connectivity index (χ3n) is 2.03. The van der Waals surface area contributed by atoms with Crippen LogP contribution < -0.4 is 0 Å². The highest BCUT2D eigenvalue weighted by atomic mass is 35.5. The standard InChI is InChI=1S/C10H7ClF2S/c11-9(10(12)13)7-5-14-8-4-2-1-3-6(7)8/h1-5,9-10H. The van der Waals surface area contributed by atoms with Crippen LogP contribution in [0.3, 0.4) is 0 Å². The fraction of sp³-hybridized carbons (Fsp3) is 0.200. The van der Waals surface area contributed by atoms with Gasteiger partial charge in [-0.1, -0.05) is 18.2 Å². The smallest absolute Gasteiger partial charge is 0.208 e. The number of alkyl halides is 3. The summed E-state index contributed by atoms with van der Waals surface area (Å²) in [4.78, 5) is 0. The lowest BCUT2D eigenvalue weighted by molar-refractivity contribution is 0.143. The first-order valence-corrected chi connectivity index (χ1v) is 5.40. The average Bonchev–Trinajstić information content (AvgIpc) is 2.60. The summed E-state index contributed by atoms with van der Waals surface area (Å²) < 4.78 is 25.8. The molecule has 0 aliphatic rings. The fourth-order valence-electron chi connectivity index (χ4n) is 1.35. The average molecular weight is 233 g/mol. The maximum absolute atomic E-state index is 12.4. The Hall–Kier alpha value is -0.670. The minimum atomic E-state index is -2.52. The molecule has 0 saturated carbocycles. The quantitative estimate of drug-likeness (QED) is 0.672. The van der Waals surface area contributed by atoms with E-state index in [1.807, 2.05) is 24.3 Å². The third-order valence-corrected chi connectivity index (χ3v) is 3.44. The van der Waals surface area contributed by atoms with Gasteiger partial charge in [0.05, 0.1) is 0 Å². The van der Waals surface area contributed by atoms with Gasteiger partial charge in [0.2, 0.25) is 0 Å². The van der Waals surface area contributed by atoms with Crippen LogP contribution in [0, 0.1) is 0 Å². The number of halogens is 3. The van der Waals surface area contributed by atoms with E-state index in [4.69, 9.17) is 11.6 Å². The number of benzene rings is 1. The van der Waals surface area contributed by atoms with E-state index in [2.05, 4.69) is 0 Å². The van der Waals surface area contributed by atoms with Crippen molar-refractivity contribution in [3.63, 3.8) is 0 Å². The predicted octanol–water partition coefficient (Wildman–Crippen LogP) is 4.45. The summed E-state index contributed by atoms with van der Waals surface area (Å²) in [6, 6.07) is 7.43. The van der Waals surface area contributed by atoms with Crippen LogP contribution >= 0.6 is 22.9 Å². The Morgan fingerprint density at radius 2 is 1.93 bits per heavy atom. The van der Waals surface area contributed by atoms with Crippen molar-refractivity contribution in [3.05, 3.63) is 35.2 Å². The van der Waals surface area contributed by atoms with Gasteiger partial charge in [0.15, 0.2) is 0 Å². The van der Waals surface area contributed by atoms with Gasteiger partial charge < -0.3 is 0 Å². The molecule has 2 aromatic rings. The van der Waals surface area contributed by atoms with Crippen molar-refractivity contribution >= 4 is 33.0 Å². The van der Waals surface area contributed by atoms with Crippen molar-refractivity contribution in [3.8, 4) is 0 Å². The van der Waals surface area contributed by atoms with Crippen LogP contribution in [0.15, 0.2) is 29.6 Å². The summed E-state index contributed by atoms with van der Waals surface area (Å²) in [6.07, 6.45) is -2.52. The van der Waals surface area contributed by atoms with Crippen molar-refractivity contribution in [2.45, 2.75) is 11.8 Å². The highest BCUT2D eigenvalue weighted by Gasteiger charge is 2.22. The molecule has 1 aromatic carbocycles. The monoisotopic (exact) mass is 232 g/mol. The molecule has 0 aliphatic heterocycles. The largest absolute Gasteiger partial charge is 0.258 e. The zero-order valence-corrected chi connectivity index (χ0v) is 8.66. The number of hydrogen-bond donors (Lipinski definition) is 0. The summed E-state index contributed by atoms with van der Waals surface area (Å²) in [7, 11) is 0. The topological polar surface area (TPSA) is 0 Å². The summed E-state index contributed by atoms with van der Waals surface area (Å²) in [5.41, 5.74) is 0.530. The van der Waals surface area contributed by atoms with E-state index in [0.29, 0.717) is 5.56 Å². The summed E-state index contributed by atoms with van der Waals surface area (Å²) in [5, 5.41) is 1.33. The Bertz CT molecular complexity index is 438. The Labute approximate surface area is 89.1 Å². The zero-order valence-electron chi connectivity index (χ0n) is 7.08. The van der Waals surface area contributed by atoms with Crippen LogP contribution in [0.25, 0.3) is 10.1 Å². The van der Waals surface area contributed by atoms with Gasteiger partial charge in [-0.25, -0.2) is 8.78 Å². The molecule has 0 saturated heterocycles. The Morgan fingerprint density at radius 1 is 1.21 bits per heavy atom. The minimum absolute atomic E-state index is 0.530. The van der Waals surface area contributed by atoms with Crippen LogP contribution in [0.5, 0.6) is 0 Å². The van der Waals surface area contributed by atoms with Crippen LogP contribution in [0.4, 0.5) is 8.78 Å². The second-order valence-corrected chi connectivity index (χ2v) is 4.30. The molecule has 1 unspecified atom stereocenters. The van der Waals surface area contributed by atoms with E-state index in [9.17, 15) is 8.78 Å². The molecule has 0 amide bonds. The van der Waals surface area contributed by atoms with Gasteiger partial charge in [0.25, 0.3) is 6.43 Å². The maximum Gasteiger partial charge on any atom is 0.258 e. The van der Waals surface area contributed by atoms with Gasteiger partial charge in [0, 0.05) is 4.70 Å². The number of hydrogen-bond acceptors (Lipinski definition) is 1. The van der Waals surface area contributed by atoms with E-state index in [1.54, 1.807) is 5.38 Å². The molecule has 4 heteroatoms. The molecule has 0 aliphatic carbocycles. The van der Waals surface area contributed by atoms with Gasteiger partial charge >= 0.3 is 0 Å². The van der Waals surface area contributed by atoms with Gasteiger partial charge in [0.1, 0.15) is 5.38 Å². The summed E-state index contributed by atoms with van der Waals surface area (Å²) in [5.74, 6) is 0. The Morgan fingerprint density at radius 3 is 2.64 bits per heavy atom. The Kier molecular flexibility index (Phi) is 2.70. The van der Waals surface area contributed by atoms with E-state index in [0.717, 1.165) is 10.1 Å². The molecule has 14 heavy (non-hydrogen) atoms. The highest BCUT2D eigenvalue weighted by molar-refractivity contribution is 7.17. The maximum atomic E-state index is 12.4. The van der Waals surface area contributed by atoms with Crippen LogP contribution in [-0.4, -0.2) is 6.43 Å². The normalized spacial score (nSPS) is 13.7. The Balaban J connectivity index is 2.53. The first-order valence-electron chi connectivity index (χ1n) is 4.08. The molecule has 0 radical (unpaired) electrons. The molecule has 0 nitrogen and oxygen atoms in total. The first-order chi connectivity index (χ1) is 6.70. The van der Waals surface area contributed by atoms with Crippen molar-refractivity contribution in [1.82, 2.24) is 0 Å². The molecular formula is C10H7ClF2S. The molecule has 0 N–H and O–H groups in total. The molecule has 0 bridgehead atoms. The van der Waals surface area contributed by atoms with Crippen LogP contribution in [-0.2, 0) is 0 Å². The van der Waals surface area contributed by atoms with Crippen LogP contribution in [0.2, 0.25) is 0 Å². The highest BCUT2D eigenvalue weighted by Crippen LogP contribution is 2.36. The van der Waals surface area contributed by atoms with Gasteiger partial charge in [-0.3, -0.25) is 0 Å². The fourth-order valence-corrected chi connectivity index (χ4v) is 2.60. The van der Waals surface area contributed by atoms with Gasteiger partial charge in [-0.05, 0) is 22.4 Å². The summed E-state index contributed by atoms with van der Waals surface area (Å²) >= 11 is 7.06. The molecule has 74 valence electrons. The van der Waals surface area contributed by atoms with Gasteiger partial charge in [-0.15, -0.1) is 22.9 Å². The SMILES string of the molecule is FC(F)C(Cl)c1csc2ccccc12. The van der Waals surface area contributed by atoms with E-state index >= 15 is 0 Å². The lowest BCUT2D eigenvalue weighted by Crippen LogP contribution is -2.00. The zero-order chi connectivity index (χ0) is 10.1. The number of thiophene rings is 1. The number of rotatable bonds is 2. The first kappa shape index (κ1) is 9.87. The molecule has 2 rings (SSSR count).